The Morgan fingerprint density at radius 1 is 1.33 bits per heavy atom. The SMILES string of the molecule is CC1=C2C=CC(C)(O)C2C2OC(=O)C(C)C2C(CC(=O)OCC(CO)(CO)NCC(=O)O)C1. The fourth-order valence-electron chi connectivity index (χ4n) is 5.34. The van der Waals surface area contributed by atoms with E-state index in [1.807, 2.05) is 13.0 Å². The Balaban J connectivity index is 1.76. The molecule has 1 saturated heterocycles. The molecule has 0 aromatic heterocycles. The van der Waals surface area contributed by atoms with Gasteiger partial charge in [0.05, 0.1) is 42.7 Å². The third-order valence-electron chi connectivity index (χ3n) is 7.24. The number of nitrogens with one attached hydrogen (secondary N) is 1. The van der Waals surface area contributed by atoms with Crippen molar-refractivity contribution in [1.29, 1.82) is 0 Å². The zero-order valence-electron chi connectivity index (χ0n) is 19.1. The average Bonchev–Trinajstić information content (AvgIpc) is 3.18. The highest BCUT2D eigenvalue weighted by molar-refractivity contribution is 5.76. The third kappa shape index (κ3) is 4.98. The number of fused-ring (bicyclic) bond motifs is 3. The lowest BCUT2D eigenvalue weighted by molar-refractivity contribution is -0.149. The van der Waals surface area contributed by atoms with Crippen LogP contribution in [0.3, 0.4) is 0 Å². The van der Waals surface area contributed by atoms with Crippen molar-refractivity contribution < 1.29 is 44.3 Å². The highest BCUT2D eigenvalue weighted by atomic mass is 16.6. The lowest BCUT2D eigenvalue weighted by atomic mass is 9.72. The van der Waals surface area contributed by atoms with Gasteiger partial charge in [-0.05, 0) is 31.8 Å². The van der Waals surface area contributed by atoms with Gasteiger partial charge in [0.25, 0.3) is 0 Å². The van der Waals surface area contributed by atoms with Gasteiger partial charge in [0.1, 0.15) is 12.7 Å². The van der Waals surface area contributed by atoms with Crippen molar-refractivity contribution in [3.63, 3.8) is 0 Å². The van der Waals surface area contributed by atoms with Gasteiger partial charge in [-0.15, -0.1) is 0 Å². The maximum absolute atomic E-state index is 12.8. The van der Waals surface area contributed by atoms with E-state index in [0.717, 1.165) is 11.1 Å². The van der Waals surface area contributed by atoms with Gasteiger partial charge < -0.3 is 29.9 Å². The highest BCUT2D eigenvalue weighted by Gasteiger charge is 2.56. The summed E-state index contributed by atoms with van der Waals surface area (Å²) in [5.74, 6) is -3.59. The van der Waals surface area contributed by atoms with Gasteiger partial charge in [0.2, 0.25) is 0 Å². The first-order chi connectivity index (χ1) is 15.4. The molecule has 2 aliphatic carbocycles. The predicted octanol–water partition coefficient (Wildman–Crippen LogP) is -0.232. The smallest absolute Gasteiger partial charge is 0.317 e. The zero-order chi connectivity index (χ0) is 24.6. The summed E-state index contributed by atoms with van der Waals surface area (Å²) in [6.45, 7) is 3.18. The van der Waals surface area contributed by atoms with E-state index in [-0.39, 0.29) is 24.2 Å². The van der Waals surface area contributed by atoms with Crippen LogP contribution in [0, 0.1) is 23.7 Å². The van der Waals surface area contributed by atoms with Gasteiger partial charge in [-0.3, -0.25) is 19.7 Å². The molecule has 184 valence electrons. The summed E-state index contributed by atoms with van der Waals surface area (Å²) in [7, 11) is 0. The summed E-state index contributed by atoms with van der Waals surface area (Å²) in [5.41, 5.74) is -0.729. The van der Waals surface area contributed by atoms with E-state index in [9.17, 15) is 29.7 Å². The Morgan fingerprint density at radius 3 is 2.61 bits per heavy atom. The Bertz CT molecular complexity index is 858. The monoisotopic (exact) mass is 467 g/mol. The quantitative estimate of drug-likeness (QED) is 0.286. The lowest BCUT2D eigenvalue weighted by Gasteiger charge is -2.34. The maximum Gasteiger partial charge on any atom is 0.317 e. The number of aliphatic carboxylic acids is 1. The number of hydrogen-bond donors (Lipinski definition) is 5. The van der Waals surface area contributed by atoms with Crippen molar-refractivity contribution >= 4 is 17.9 Å². The number of carboxylic acids is 1. The van der Waals surface area contributed by atoms with Gasteiger partial charge in [-0.1, -0.05) is 24.6 Å². The van der Waals surface area contributed by atoms with E-state index in [1.54, 1.807) is 19.9 Å². The molecule has 0 bridgehead atoms. The molecule has 3 rings (SSSR count). The molecule has 0 aromatic carbocycles. The van der Waals surface area contributed by atoms with E-state index in [2.05, 4.69) is 5.32 Å². The predicted molar refractivity (Wildman–Crippen MR) is 115 cm³/mol. The van der Waals surface area contributed by atoms with Crippen molar-refractivity contribution in [2.24, 2.45) is 23.7 Å². The number of ether oxygens (including phenoxy) is 2. The maximum atomic E-state index is 12.8. The number of allylic oxidation sites excluding steroid dienone is 2. The summed E-state index contributed by atoms with van der Waals surface area (Å²) in [6, 6.07) is 0. The summed E-state index contributed by atoms with van der Waals surface area (Å²) in [6.07, 6.45) is 3.49. The normalized spacial score (nSPS) is 33.4. The first-order valence-corrected chi connectivity index (χ1v) is 11.1. The Kier molecular flexibility index (Phi) is 7.33. The van der Waals surface area contributed by atoms with Gasteiger partial charge in [-0.25, -0.2) is 0 Å². The molecule has 3 aliphatic rings. The fraction of sp³-hybridized carbons (Fsp3) is 0.696. The van der Waals surface area contributed by atoms with Crippen molar-refractivity contribution in [2.75, 3.05) is 26.4 Å². The summed E-state index contributed by atoms with van der Waals surface area (Å²) < 4.78 is 11.0. The van der Waals surface area contributed by atoms with Crippen LogP contribution >= 0.6 is 0 Å². The molecule has 33 heavy (non-hydrogen) atoms. The summed E-state index contributed by atoms with van der Waals surface area (Å²) in [4.78, 5) is 36.1. The molecule has 1 heterocycles. The second kappa shape index (κ2) is 9.54. The molecule has 0 saturated carbocycles. The molecular formula is C23H33NO9. The lowest BCUT2D eigenvalue weighted by Crippen LogP contribution is -2.57. The second-order valence-corrected chi connectivity index (χ2v) is 9.71. The first kappa shape index (κ1) is 25.4. The first-order valence-electron chi connectivity index (χ1n) is 11.1. The number of esters is 2. The van der Waals surface area contributed by atoms with Gasteiger partial charge >= 0.3 is 17.9 Å². The van der Waals surface area contributed by atoms with E-state index < -0.39 is 67.4 Å². The highest BCUT2D eigenvalue weighted by Crippen LogP contribution is 2.52. The molecule has 5 N–H and O–H groups in total. The van der Waals surface area contributed by atoms with Crippen LogP contribution in [-0.2, 0) is 23.9 Å². The number of aliphatic hydroxyl groups excluding tert-OH is 2. The van der Waals surface area contributed by atoms with Crippen LogP contribution in [0.5, 0.6) is 0 Å². The van der Waals surface area contributed by atoms with Gasteiger partial charge in [0, 0.05) is 12.3 Å². The van der Waals surface area contributed by atoms with Crippen LogP contribution in [0.4, 0.5) is 0 Å². The van der Waals surface area contributed by atoms with Crippen LogP contribution in [0.15, 0.2) is 23.3 Å². The second-order valence-electron chi connectivity index (χ2n) is 9.71. The summed E-state index contributed by atoms with van der Waals surface area (Å²) >= 11 is 0. The zero-order valence-corrected chi connectivity index (χ0v) is 19.1. The van der Waals surface area contributed by atoms with Crippen molar-refractivity contribution in [3.05, 3.63) is 23.3 Å². The Hall–Kier alpha value is -2.27. The molecule has 1 fully saturated rings. The number of hydrogen-bond acceptors (Lipinski definition) is 9. The molecule has 0 aromatic rings. The molecule has 0 radical (unpaired) electrons. The molecule has 0 spiro atoms. The van der Waals surface area contributed by atoms with Crippen LogP contribution in [0.2, 0.25) is 0 Å². The molecule has 10 nitrogen and oxygen atoms in total. The molecule has 0 amide bonds. The van der Waals surface area contributed by atoms with Crippen molar-refractivity contribution in [2.45, 2.75) is 50.9 Å². The van der Waals surface area contributed by atoms with E-state index in [1.165, 1.54) is 0 Å². The number of carboxylic acid groups (broad SMARTS) is 1. The van der Waals surface area contributed by atoms with Gasteiger partial charge in [0.15, 0.2) is 0 Å². The molecular weight excluding hydrogens is 434 g/mol. The van der Waals surface area contributed by atoms with Crippen LogP contribution in [0.25, 0.3) is 0 Å². The van der Waals surface area contributed by atoms with E-state index in [4.69, 9.17) is 14.6 Å². The van der Waals surface area contributed by atoms with Crippen molar-refractivity contribution in [3.8, 4) is 0 Å². The van der Waals surface area contributed by atoms with Gasteiger partial charge in [-0.2, -0.15) is 0 Å². The minimum atomic E-state index is -1.49. The Morgan fingerprint density at radius 2 is 2.00 bits per heavy atom. The molecule has 6 unspecified atom stereocenters. The summed E-state index contributed by atoms with van der Waals surface area (Å²) in [5, 5.41) is 41.6. The Labute approximate surface area is 192 Å². The number of carbonyl (C=O) groups excluding carboxylic acids is 2. The number of rotatable bonds is 9. The molecule has 10 heteroatoms. The van der Waals surface area contributed by atoms with E-state index >= 15 is 0 Å². The van der Waals surface area contributed by atoms with Crippen LogP contribution in [0.1, 0.15) is 33.6 Å². The van der Waals surface area contributed by atoms with Crippen LogP contribution in [-0.4, -0.2) is 81.9 Å². The topological polar surface area (TPSA) is 163 Å². The minimum Gasteiger partial charge on any atom is -0.480 e. The molecule has 1 aliphatic heterocycles. The minimum absolute atomic E-state index is 0.0305. The largest absolute Gasteiger partial charge is 0.480 e. The van der Waals surface area contributed by atoms with Crippen LogP contribution < -0.4 is 5.32 Å². The molecule has 6 atom stereocenters. The number of carbonyl (C=O) groups is 3. The van der Waals surface area contributed by atoms with E-state index in [0.29, 0.717) is 6.42 Å². The fourth-order valence-corrected chi connectivity index (χ4v) is 5.34. The average molecular weight is 468 g/mol. The standard InChI is InChI=1S/C23H33NO9/c1-12-6-14(7-17(29)32-11-23(9-25,10-26)24-8-16(27)28)18-13(2)21(30)33-20(18)19-15(12)4-5-22(19,3)31/h4-5,13-14,18-20,24-26,31H,6-11H2,1-3H3,(H,27,28). The third-order valence-corrected chi connectivity index (χ3v) is 7.24. The van der Waals surface area contributed by atoms with Crippen molar-refractivity contribution in [1.82, 2.24) is 5.32 Å². The number of aliphatic hydroxyl groups is 3.